The zero-order valence-corrected chi connectivity index (χ0v) is 15.5. The average molecular weight is 363 g/mol. The third-order valence-corrected chi connectivity index (χ3v) is 4.12. The van der Waals surface area contributed by atoms with Crippen LogP contribution in [0.2, 0.25) is 0 Å². The van der Waals surface area contributed by atoms with Crippen LogP contribution in [0.15, 0.2) is 36.5 Å². The minimum absolute atomic E-state index is 0.0302. The van der Waals surface area contributed by atoms with Gasteiger partial charge >= 0.3 is 0 Å². The number of hydrogen-bond acceptors (Lipinski definition) is 7. The van der Waals surface area contributed by atoms with Gasteiger partial charge in [-0.05, 0) is 18.2 Å². The van der Waals surface area contributed by atoms with E-state index < -0.39 is 0 Å². The van der Waals surface area contributed by atoms with E-state index >= 15 is 0 Å². The van der Waals surface area contributed by atoms with Crippen molar-refractivity contribution in [1.82, 2.24) is 4.98 Å². The molecule has 2 aromatic rings. The molecule has 136 valence electrons. The molecule has 1 aromatic carbocycles. The van der Waals surface area contributed by atoms with Crippen molar-refractivity contribution in [3.05, 3.63) is 42.1 Å². The Hall–Kier alpha value is -2.12. The maximum atomic E-state index is 5.88. The molecule has 0 bridgehead atoms. The minimum Gasteiger partial charge on any atom is -0.493 e. The first-order chi connectivity index (χ1) is 12.2. The van der Waals surface area contributed by atoms with E-state index in [1.54, 1.807) is 20.4 Å². The van der Waals surface area contributed by atoms with Crippen molar-refractivity contribution in [2.24, 2.45) is 5.73 Å². The summed E-state index contributed by atoms with van der Waals surface area (Å²) in [6, 6.07) is 9.54. The molecule has 0 saturated heterocycles. The molecule has 6 nitrogen and oxygen atoms in total. The van der Waals surface area contributed by atoms with Crippen LogP contribution in [0.3, 0.4) is 0 Å². The summed E-state index contributed by atoms with van der Waals surface area (Å²) in [6.07, 6.45) is 2.37. The molecule has 0 fully saturated rings. The molecule has 0 aliphatic rings. The van der Waals surface area contributed by atoms with E-state index in [2.05, 4.69) is 22.9 Å². The monoisotopic (exact) mass is 363 g/mol. The molecule has 1 aromatic heterocycles. The summed E-state index contributed by atoms with van der Waals surface area (Å²) in [4.78, 5) is 4.29. The maximum Gasteiger partial charge on any atom is 0.237 e. The van der Waals surface area contributed by atoms with Crippen molar-refractivity contribution >= 4 is 18.3 Å². The summed E-state index contributed by atoms with van der Waals surface area (Å²) >= 11 is 4.19. The maximum absolute atomic E-state index is 5.88. The van der Waals surface area contributed by atoms with Crippen LogP contribution >= 0.6 is 12.6 Å². The molecule has 0 saturated carbocycles. The number of nitrogens with one attached hydrogen (secondary N) is 1. The van der Waals surface area contributed by atoms with E-state index in [1.165, 1.54) is 0 Å². The Kier molecular flexibility index (Phi) is 7.69. The van der Waals surface area contributed by atoms with Gasteiger partial charge in [0.05, 0.1) is 26.5 Å². The first-order valence-electron chi connectivity index (χ1n) is 8.07. The van der Waals surface area contributed by atoms with Crippen molar-refractivity contribution in [2.45, 2.75) is 12.5 Å². The number of para-hydroxylation sites is 1. The van der Waals surface area contributed by atoms with Crippen molar-refractivity contribution in [3.63, 3.8) is 0 Å². The Morgan fingerprint density at radius 2 is 2.04 bits per heavy atom. The third kappa shape index (κ3) is 5.44. The number of nitrogens with two attached hydrogens (primary N) is 1. The predicted octanol–water partition coefficient (Wildman–Crippen LogP) is 2.39. The molecule has 7 heteroatoms. The number of ether oxygens (including phenoxy) is 3. The zero-order valence-electron chi connectivity index (χ0n) is 14.6. The largest absolute Gasteiger partial charge is 0.493 e. The lowest BCUT2D eigenvalue weighted by atomic mass is 10.1. The third-order valence-electron chi connectivity index (χ3n) is 3.66. The molecule has 1 atom stereocenters. The fourth-order valence-electron chi connectivity index (χ4n) is 2.35. The Bertz CT molecular complexity index is 670. The fraction of sp³-hybridized carbons (Fsp3) is 0.389. The van der Waals surface area contributed by atoms with Gasteiger partial charge in [0.1, 0.15) is 0 Å². The van der Waals surface area contributed by atoms with Crippen LogP contribution in [-0.2, 0) is 6.42 Å². The normalized spacial score (nSPS) is 11.7. The molecule has 1 heterocycles. The van der Waals surface area contributed by atoms with Crippen LogP contribution in [0.5, 0.6) is 17.4 Å². The van der Waals surface area contributed by atoms with Crippen LogP contribution < -0.4 is 25.3 Å². The molecule has 3 N–H and O–H groups in total. The van der Waals surface area contributed by atoms with Crippen molar-refractivity contribution in [3.8, 4) is 17.4 Å². The molecule has 0 radical (unpaired) electrons. The second-order valence-electron chi connectivity index (χ2n) is 5.43. The Labute approximate surface area is 154 Å². The van der Waals surface area contributed by atoms with Gasteiger partial charge in [0.2, 0.25) is 5.88 Å². The Morgan fingerprint density at radius 1 is 1.20 bits per heavy atom. The van der Waals surface area contributed by atoms with E-state index in [-0.39, 0.29) is 6.04 Å². The SMILES string of the molecule is COc1cccc(CCOc2ncccc2NCC(N)CS)c1OC. The zero-order chi connectivity index (χ0) is 18.1. The smallest absolute Gasteiger partial charge is 0.237 e. The number of benzene rings is 1. The lowest BCUT2D eigenvalue weighted by Gasteiger charge is -2.15. The molecule has 0 aliphatic heterocycles. The van der Waals surface area contributed by atoms with Crippen molar-refractivity contribution in [1.29, 1.82) is 0 Å². The minimum atomic E-state index is -0.0302. The predicted molar refractivity (Wildman–Crippen MR) is 103 cm³/mol. The highest BCUT2D eigenvalue weighted by molar-refractivity contribution is 7.80. The summed E-state index contributed by atoms with van der Waals surface area (Å²) in [5, 5.41) is 3.25. The Morgan fingerprint density at radius 3 is 2.76 bits per heavy atom. The number of thiol groups is 1. The summed E-state index contributed by atoms with van der Waals surface area (Å²) in [5.74, 6) is 2.60. The molecule has 0 spiro atoms. The van der Waals surface area contributed by atoms with Crippen LogP contribution in [0.1, 0.15) is 5.56 Å². The quantitative estimate of drug-likeness (QED) is 0.563. The van der Waals surface area contributed by atoms with E-state index in [0.717, 1.165) is 17.0 Å². The van der Waals surface area contributed by atoms with Gasteiger partial charge in [0.25, 0.3) is 0 Å². The number of rotatable bonds is 10. The van der Waals surface area contributed by atoms with Crippen molar-refractivity contribution < 1.29 is 14.2 Å². The fourth-order valence-corrected chi connectivity index (χ4v) is 2.48. The second-order valence-corrected chi connectivity index (χ2v) is 5.80. The highest BCUT2D eigenvalue weighted by Gasteiger charge is 2.11. The number of methoxy groups -OCH3 is 2. The Balaban J connectivity index is 1.98. The number of nitrogens with zero attached hydrogens (tertiary/aromatic N) is 1. The van der Waals surface area contributed by atoms with Gasteiger partial charge < -0.3 is 25.3 Å². The summed E-state index contributed by atoms with van der Waals surface area (Å²) in [7, 11) is 3.26. The van der Waals surface area contributed by atoms with E-state index in [9.17, 15) is 0 Å². The van der Waals surface area contributed by atoms with Crippen LogP contribution in [0, 0.1) is 0 Å². The van der Waals surface area contributed by atoms with Gasteiger partial charge in [0, 0.05) is 36.5 Å². The second kappa shape index (κ2) is 10.0. The average Bonchev–Trinajstić information content (AvgIpc) is 2.66. The van der Waals surface area contributed by atoms with Crippen LogP contribution in [0.4, 0.5) is 5.69 Å². The van der Waals surface area contributed by atoms with Crippen molar-refractivity contribution in [2.75, 3.05) is 38.4 Å². The molecule has 2 rings (SSSR count). The molecule has 25 heavy (non-hydrogen) atoms. The summed E-state index contributed by atoms with van der Waals surface area (Å²) in [5.41, 5.74) is 7.72. The van der Waals surface area contributed by atoms with Crippen LogP contribution in [0.25, 0.3) is 0 Å². The highest BCUT2D eigenvalue weighted by Crippen LogP contribution is 2.31. The topological polar surface area (TPSA) is 78.6 Å². The standard InChI is InChI=1S/C18H25N3O3S/c1-22-16-7-3-5-13(17(16)23-2)8-10-24-18-15(6-4-9-20-18)21-11-14(19)12-25/h3-7,9,14,21,25H,8,10-12,19H2,1-2H3. The van der Waals surface area contributed by atoms with Gasteiger partial charge in [-0.3, -0.25) is 0 Å². The number of hydrogen-bond donors (Lipinski definition) is 3. The van der Waals surface area contributed by atoms with E-state index in [4.69, 9.17) is 19.9 Å². The first-order valence-corrected chi connectivity index (χ1v) is 8.70. The first kappa shape index (κ1) is 19.2. The van der Waals surface area contributed by atoms with Gasteiger partial charge in [-0.1, -0.05) is 12.1 Å². The van der Waals surface area contributed by atoms with Gasteiger partial charge in [0.15, 0.2) is 11.5 Å². The summed E-state index contributed by atoms with van der Waals surface area (Å²) < 4.78 is 16.6. The van der Waals surface area contributed by atoms with Gasteiger partial charge in [-0.15, -0.1) is 0 Å². The molecular formula is C18H25N3O3S. The number of anilines is 1. The van der Waals surface area contributed by atoms with Gasteiger partial charge in [-0.25, -0.2) is 4.98 Å². The number of pyridine rings is 1. The van der Waals surface area contributed by atoms with Crippen LogP contribution in [-0.4, -0.2) is 44.1 Å². The molecular weight excluding hydrogens is 338 g/mol. The van der Waals surface area contributed by atoms with Gasteiger partial charge in [-0.2, -0.15) is 12.6 Å². The molecule has 1 unspecified atom stereocenters. The summed E-state index contributed by atoms with van der Waals surface area (Å²) in [6.45, 7) is 1.07. The highest BCUT2D eigenvalue weighted by atomic mass is 32.1. The molecule has 0 aliphatic carbocycles. The number of aromatic nitrogens is 1. The lowest BCUT2D eigenvalue weighted by molar-refractivity contribution is 0.305. The van der Waals surface area contributed by atoms with E-state index in [1.807, 2.05) is 30.3 Å². The molecule has 0 amide bonds. The van der Waals surface area contributed by atoms with E-state index in [0.29, 0.717) is 37.0 Å². The lowest BCUT2D eigenvalue weighted by Crippen LogP contribution is -2.30.